The molecule has 1 saturated heterocycles. The molecule has 1 unspecified atom stereocenters. The molecule has 0 spiro atoms. The van der Waals surface area contributed by atoms with Crippen LogP contribution in [0.15, 0.2) is 83.9 Å². The van der Waals surface area contributed by atoms with E-state index in [4.69, 9.17) is 14.2 Å². The fraction of sp³-hybridized carbons (Fsp3) is 0.323. The standard InChI is InChI=1S/C31H32N2O5S/c1-36-29-17-22(13-14-28(29)38-27-18-24-7-2-3-8-25(24)19-27)20-33(21-26-11-6-16-37-26)39(34,35)30-12-4-9-23-10-5-15-32-31(23)30/h2-5,7-10,12-15,17,26-27H,6,11,16,18-21H2,1H3. The van der Waals surface area contributed by atoms with Crippen LogP contribution in [-0.2, 0) is 34.1 Å². The van der Waals surface area contributed by atoms with E-state index in [9.17, 15) is 8.42 Å². The summed E-state index contributed by atoms with van der Waals surface area (Å²) >= 11 is 0. The smallest absolute Gasteiger partial charge is 0.245 e. The van der Waals surface area contributed by atoms with Gasteiger partial charge in [-0.05, 0) is 53.8 Å². The first kappa shape index (κ1) is 25.8. The Kier molecular flexibility index (Phi) is 7.25. The van der Waals surface area contributed by atoms with Crippen LogP contribution in [0.3, 0.4) is 0 Å². The lowest BCUT2D eigenvalue weighted by molar-refractivity contribution is 0.0926. The summed E-state index contributed by atoms with van der Waals surface area (Å²) in [5.74, 6) is 1.25. The largest absolute Gasteiger partial charge is 0.493 e. The highest BCUT2D eigenvalue weighted by Crippen LogP contribution is 2.34. The Morgan fingerprint density at radius 3 is 2.51 bits per heavy atom. The van der Waals surface area contributed by atoms with Crippen molar-refractivity contribution in [3.05, 3.63) is 95.7 Å². The molecule has 8 heteroatoms. The second-order valence-corrected chi connectivity index (χ2v) is 12.1. The van der Waals surface area contributed by atoms with Crippen molar-refractivity contribution in [2.75, 3.05) is 20.3 Å². The van der Waals surface area contributed by atoms with Crippen molar-refractivity contribution in [2.45, 2.75) is 49.3 Å². The molecule has 0 N–H and O–H groups in total. The van der Waals surface area contributed by atoms with Crippen molar-refractivity contribution in [3.8, 4) is 11.5 Å². The number of ether oxygens (including phenoxy) is 3. The number of sulfonamides is 1. The number of nitrogens with zero attached hydrogens (tertiary/aromatic N) is 2. The Bertz CT molecular complexity index is 1550. The predicted molar refractivity (Wildman–Crippen MR) is 150 cm³/mol. The highest BCUT2D eigenvalue weighted by molar-refractivity contribution is 7.89. The minimum absolute atomic E-state index is 0.0393. The quantitative estimate of drug-likeness (QED) is 0.290. The van der Waals surface area contributed by atoms with E-state index in [0.29, 0.717) is 23.6 Å². The van der Waals surface area contributed by atoms with E-state index in [1.807, 2.05) is 36.4 Å². The lowest BCUT2D eigenvalue weighted by Crippen LogP contribution is -2.37. The molecule has 2 heterocycles. The van der Waals surface area contributed by atoms with Gasteiger partial charge in [-0.15, -0.1) is 0 Å². The minimum Gasteiger partial charge on any atom is -0.493 e. The monoisotopic (exact) mass is 544 g/mol. The first-order chi connectivity index (χ1) is 19.0. The minimum atomic E-state index is -3.87. The summed E-state index contributed by atoms with van der Waals surface area (Å²) in [6.45, 7) is 1.10. The normalized spacial score (nSPS) is 17.5. The zero-order valence-corrected chi connectivity index (χ0v) is 22.8. The van der Waals surface area contributed by atoms with Crippen molar-refractivity contribution in [3.63, 3.8) is 0 Å². The van der Waals surface area contributed by atoms with Gasteiger partial charge in [-0.3, -0.25) is 4.98 Å². The maximum atomic E-state index is 14.1. The molecule has 7 nitrogen and oxygen atoms in total. The van der Waals surface area contributed by atoms with Gasteiger partial charge in [0.25, 0.3) is 0 Å². The van der Waals surface area contributed by atoms with Gasteiger partial charge in [0, 0.05) is 44.1 Å². The summed E-state index contributed by atoms with van der Waals surface area (Å²) in [7, 11) is -2.26. The zero-order chi connectivity index (χ0) is 26.8. The summed E-state index contributed by atoms with van der Waals surface area (Å²) in [5.41, 5.74) is 3.91. The third kappa shape index (κ3) is 5.37. The molecule has 0 bridgehead atoms. The van der Waals surface area contributed by atoms with Gasteiger partial charge < -0.3 is 14.2 Å². The molecule has 0 saturated carbocycles. The topological polar surface area (TPSA) is 78.0 Å². The third-order valence-electron chi connectivity index (χ3n) is 7.54. The summed E-state index contributed by atoms with van der Waals surface area (Å²) < 4.78 is 47.5. The van der Waals surface area contributed by atoms with E-state index in [0.717, 1.165) is 36.6 Å². The van der Waals surface area contributed by atoms with Crippen LogP contribution in [0.2, 0.25) is 0 Å². The fourth-order valence-corrected chi connectivity index (χ4v) is 7.20. The molecule has 1 aromatic heterocycles. The maximum Gasteiger partial charge on any atom is 0.245 e. The fourth-order valence-electron chi connectivity index (χ4n) is 5.58. The van der Waals surface area contributed by atoms with Crippen LogP contribution >= 0.6 is 0 Å². The van der Waals surface area contributed by atoms with E-state index >= 15 is 0 Å². The summed E-state index contributed by atoms with van der Waals surface area (Å²) in [6.07, 6.45) is 4.99. The van der Waals surface area contributed by atoms with Crippen LogP contribution in [0.1, 0.15) is 29.5 Å². The van der Waals surface area contributed by atoms with Gasteiger partial charge in [-0.25, -0.2) is 8.42 Å². The average molecular weight is 545 g/mol. The molecule has 1 aliphatic heterocycles. The molecule has 1 aliphatic carbocycles. The number of para-hydroxylation sites is 1. The molecule has 0 amide bonds. The van der Waals surface area contributed by atoms with E-state index in [1.165, 1.54) is 15.4 Å². The van der Waals surface area contributed by atoms with E-state index in [2.05, 4.69) is 29.2 Å². The Hall–Kier alpha value is -3.46. The van der Waals surface area contributed by atoms with Gasteiger partial charge in [0.15, 0.2) is 11.5 Å². The van der Waals surface area contributed by atoms with Gasteiger partial charge in [-0.1, -0.05) is 48.5 Å². The van der Waals surface area contributed by atoms with Crippen molar-refractivity contribution in [2.24, 2.45) is 0 Å². The molecule has 3 aromatic carbocycles. The van der Waals surface area contributed by atoms with E-state index in [1.54, 1.807) is 25.4 Å². The molecule has 4 aromatic rings. The van der Waals surface area contributed by atoms with Crippen molar-refractivity contribution < 1.29 is 22.6 Å². The molecule has 0 radical (unpaired) electrons. The SMILES string of the molecule is COc1cc(CN(CC2CCCO2)S(=O)(=O)c2cccc3cccnc23)ccc1OC1Cc2ccccc2C1. The number of hydrogen-bond acceptors (Lipinski definition) is 6. The van der Waals surface area contributed by atoms with Crippen LogP contribution in [0.25, 0.3) is 10.9 Å². The summed E-state index contributed by atoms with van der Waals surface area (Å²) in [4.78, 5) is 4.60. The Balaban J connectivity index is 1.27. The highest BCUT2D eigenvalue weighted by Gasteiger charge is 2.31. The second-order valence-electron chi connectivity index (χ2n) is 10.2. The van der Waals surface area contributed by atoms with Crippen LogP contribution in [0.5, 0.6) is 11.5 Å². The van der Waals surface area contributed by atoms with Gasteiger partial charge in [0.05, 0.1) is 18.7 Å². The number of benzene rings is 3. The highest BCUT2D eigenvalue weighted by atomic mass is 32.2. The number of fused-ring (bicyclic) bond motifs is 2. The van der Waals surface area contributed by atoms with Crippen LogP contribution in [-0.4, -0.2) is 50.2 Å². The first-order valence-electron chi connectivity index (χ1n) is 13.4. The van der Waals surface area contributed by atoms with Gasteiger partial charge in [0.1, 0.15) is 11.0 Å². The van der Waals surface area contributed by atoms with Crippen LogP contribution in [0, 0.1) is 0 Å². The van der Waals surface area contributed by atoms with Crippen molar-refractivity contribution >= 4 is 20.9 Å². The summed E-state index contributed by atoms with van der Waals surface area (Å²) in [5, 5.41) is 0.785. The number of pyridine rings is 1. The number of hydrogen-bond donors (Lipinski definition) is 0. The Morgan fingerprint density at radius 2 is 1.77 bits per heavy atom. The molecule has 1 atom stereocenters. The number of aromatic nitrogens is 1. The van der Waals surface area contributed by atoms with Crippen molar-refractivity contribution in [1.82, 2.24) is 9.29 Å². The van der Waals surface area contributed by atoms with Crippen LogP contribution < -0.4 is 9.47 Å². The zero-order valence-electron chi connectivity index (χ0n) is 22.0. The van der Waals surface area contributed by atoms with Gasteiger partial charge in [0.2, 0.25) is 10.0 Å². The van der Waals surface area contributed by atoms with Gasteiger partial charge >= 0.3 is 0 Å². The molecule has 202 valence electrons. The van der Waals surface area contributed by atoms with E-state index in [-0.39, 0.29) is 30.2 Å². The molecular formula is C31H32N2O5S. The molecule has 1 fully saturated rings. The second kappa shape index (κ2) is 11.0. The summed E-state index contributed by atoms with van der Waals surface area (Å²) in [6, 6.07) is 23.0. The van der Waals surface area contributed by atoms with Crippen molar-refractivity contribution in [1.29, 1.82) is 0 Å². The lowest BCUT2D eigenvalue weighted by atomic mass is 10.1. The molecule has 6 rings (SSSR count). The molecule has 2 aliphatic rings. The lowest BCUT2D eigenvalue weighted by Gasteiger charge is -2.26. The number of rotatable bonds is 9. The van der Waals surface area contributed by atoms with Gasteiger partial charge in [-0.2, -0.15) is 4.31 Å². The number of methoxy groups -OCH3 is 1. The molecular weight excluding hydrogens is 512 g/mol. The maximum absolute atomic E-state index is 14.1. The third-order valence-corrected chi connectivity index (χ3v) is 9.38. The predicted octanol–water partition coefficient (Wildman–Crippen LogP) is 5.16. The van der Waals surface area contributed by atoms with Crippen LogP contribution in [0.4, 0.5) is 0 Å². The Morgan fingerprint density at radius 1 is 0.974 bits per heavy atom. The first-order valence-corrected chi connectivity index (χ1v) is 14.8. The average Bonchev–Trinajstić information content (AvgIpc) is 3.62. The van der Waals surface area contributed by atoms with E-state index < -0.39 is 10.0 Å². The molecule has 39 heavy (non-hydrogen) atoms. The Labute approximate surface area is 229 Å².